The molecule has 8 nitrogen and oxygen atoms in total. The molecule has 0 unspecified atom stereocenters. The average Bonchev–Trinajstić information content (AvgIpc) is 3.26. The van der Waals surface area contributed by atoms with Crippen molar-refractivity contribution < 1.29 is 8.42 Å². The molecule has 3 heterocycles. The van der Waals surface area contributed by atoms with Gasteiger partial charge in [-0.15, -0.1) is 0 Å². The summed E-state index contributed by atoms with van der Waals surface area (Å²) in [7, 11) is -1.97. The number of fused-ring (bicyclic) bond motifs is 1. The highest BCUT2D eigenvalue weighted by atomic mass is 32.2. The third kappa shape index (κ3) is 3.36. The van der Waals surface area contributed by atoms with Gasteiger partial charge in [0, 0.05) is 49.0 Å². The predicted molar refractivity (Wildman–Crippen MR) is 107 cm³/mol. The fraction of sp³-hybridized carbons (Fsp3) is 0.211. The van der Waals surface area contributed by atoms with Crippen LogP contribution in [0.1, 0.15) is 25.6 Å². The van der Waals surface area contributed by atoms with Crippen molar-refractivity contribution in [2.75, 3.05) is 4.72 Å². The summed E-state index contributed by atoms with van der Waals surface area (Å²) >= 11 is 0. The Labute approximate surface area is 163 Å². The van der Waals surface area contributed by atoms with Gasteiger partial charge in [0.15, 0.2) is 5.03 Å². The van der Waals surface area contributed by atoms with Crippen molar-refractivity contribution in [3.63, 3.8) is 0 Å². The summed E-state index contributed by atoms with van der Waals surface area (Å²) in [6, 6.07) is 8.88. The number of rotatable bonds is 5. The van der Waals surface area contributed by atoms with E-state index in [4.69, 9.17) is 0 Å². The Morgan fingerprint density at radius 2 is 1.82 bits per heavy atom. The van der Waals surface area contributed by atoms with Crippen molar-refractivity contribution in [3.05, 3.63) is 60.9 Å². The van der Waals surface area contributed by atoms with Gasteiger partial charge in [0.25, 0.3) is 10.0 Å². The van der Waals surface area contributed by atoms with Gasteiger partial charge in [-0.1, -0.05) is 26.0 Å². The molecular weight excluding hydrogens is 376 g/mol. The van der Waals surface area contributed by atoms with Crippen LogP contribution in [0.5, 0.6) is 0 Å². The molecule has 28 heavy (non-hydrogen) atoms. The fourth-order valence-corrected chi connectivity index (χ4v) is 4.07. The third-order valence-electron chi connectivity index (χ3n) is 4.35. The first-order chi connectivity index (χ1) is 13.3. The first kappa shape index (κ1) is 18.2. The zero-order valence-electron chi connectivity index (χ0n) is 15.7. The number of aromatic nitrogens is 5. The van der Waals surface area contributed by atoms with E-state index in [1.165, 1.54) is 6.20 Å². The Hall–Kier alpha value is -3.20. The molecule has 0 saturated carbocycles. The van der Waals surface area contributed by atoms with Gasteiger partial charge in [-0.3, -0.25) is 9.12 Å². The van der Waals surface area contributed by atoms with Gasteiger partial charge in [0.2, 0.25) is 5.78 Å². The summed E-state index contributed by atoms with van der Waals surface area (Å²) in [5, 5.41) is 0.00852. The number of aryl methyl sites for hydroxylation is 1. The maximum atomic E-state index is 12.7. The quantitative estimate of drug-likeness (QED) is 0.559. The van der Waals surface area contributed by atoms with Gasteiger partial charge in [-0.2, -0.15) is 8.42 Å². The summed E-state index contributed by atoms with van der Waals surface area (Å²) < 4.78 is 31.4. The minimum Gasteiger partial charge on any atom is -0.336 e. The Balaban J connectivity index is 1.58. The summed E-state index contributed by atoms with van der Waals surface area (Å²) in [5.74, 6) is 1.46. The van der Waals surface area contributed by atoms with E-state index in [2.05, 4.69) is 19.7 Å². The Kier molecular flexibility index (Phi) is 4.38. The number of nitrogens with one attached hydrogen (secondary N) is 1. The summed E-state index contributed by atoms with van der Waals surface area (Å²) in [6.07, 6.45) is 6.96. The van der Waals surface area contributed by atoms with Crippen LogP contribution in [0.4, 0.5) is 5.69 Å². The lowest BCUT2D eigenvalue weighted by Gasteiger charge is -2.06. The molecule has 144 valence electrons. The van der Waals surface area contributed by atoms with Gasteiger partial charge in [-0.25, -0.2) is 15.0 Å². The van der Waals surface area contributed by atoms with Gasteiger partial charge in [0.1, 0.15) is 5.82 Å². The molecule has 0 aliphatic heterocycles. The second kappa shape index (κ2) is 6.75. The van der Waals surface area contributed by atoms with Crippen molar-refractivity contribution in [1.82, 2.24) is 23.9 Å². The topological polar surface area (TPSA) is 94.2 Å². The Morgan fingerprint density at radius 3 is 2.46 bits per heavy atom. The molecule has 1 N–H and O–H groups in total. The lowest BCUT2D eigenvalue weighted by molar-refractivity contribution is 0.597. The molecule has 1 aromatic carbocycles. The monoisotopic (exact) mass is 396 g/mol. The number of sulfonamides is 1. The number of anilines is 1. The van der Waals surface area contributed by atoms with E-state index in [1.54, 1.807) is 29.9 Å². The van der Waals surface area contributed by atoms with E-state index in [1.807, 2.05) is 48.8 Å². The molecule has 0 aliphatic carbocycles. The van der Waals surface area contributed by atoms with Crippen molar-refractivity contribution in [2.45, 2.75) is 24.8 Å². The van der Waals surface area contributed by atoms with E-state index >= 15 is 0 Å². The van der Waals surface area contributed by atoms with Crippen LogP contribution < -0.4 is 4.72 Å². The second-order valence-corrected chi connectivity index (χ2v) is 8.47. The number of hydrogen-bond acceptors (Lipinski definition) is 5. The van der Waals surface area contributed by atoms with Crippen LogP contribution in [0, 0.1) is 0 Å². The van der Waals surface area contributed by atoms with Crippen molar-refractivity contribution >= 4 is 21.5 Å². The number of benzene rings is 1. The van der Waals surface area contributed by atoms with Crippen LogP contribution in [0.15, 0.2) is 60.1 Å². The normalized spacial score (nSPS) is 12.0. The van der Waals surface area contributed by atoms with Gasteiger partial charge in [-0.05, 0) is 18.2 Å². The number of hydrogen-bond donors (Lipinski definition) is 1. The summed E-state index contributed by atoms with van der Waals surface area (Å²) in [6.45, 7) is 3.94. The first-order valence-electron chi connectivity index (χ1n) is 8.80. The predicted octanol–water partition coefficient (Wildman–Crippen LogP) is 3.05. The maximum Gasteiger partial charge on any atom is 0.280 e. The van der Waals surface area contributed by atoms with E-state index in [9.17, 15) is 8.42 Å². The second-order valence-electron chi connectivity index (χ2n) is 6.84. The van der Waals surface area contributed by atoms with Crippen LogP contribution in [-0.4, -0.2) is 32.3 Å². The summed E-state index contributed by atoms with van der Waals surface area (Å²) in [5.41, 5.74) is 2.09. The van der Waals surface area contributed by atoms with Crippen molar-refractivity contribution in [3.8, 4) is 11.3 Å². The lowest BCUT2D eigenvalue weighted by Crippen LogP contribution is -2.13. The molecular formula is C19H20N6O2S. The highest BCUT2D eigenvalue weighted by molar-refractivity contribution is 7.92. The number of imidazole rings is 2. The van der Waals surface area contributed by atoms with Crippen LogP contribution in [0.2, 0.25) is 0 Å². The van der Waals surface area contributed by atoms with E-state index in [0.29, 0.717) is 11.5 Å². The molecule has 0 bridgehead atoms. The van der Waals surface area contributed by atoms with Gasteiger partial charge < -0.3 is 4.57 Å². The lowest BCUT2D eigenvalue weighted by atomic mass is 10.1. The molecule has 0 atom stereocenters. The minimum absolute atomic E-state index is 0.00852. The van der Waals surface area contributed by atoms with E-state index < -0.39 is 10.0 Å². The molecule has 0 aliphatic rings. The smallest absolute Gasteiger partial charge is 0.280 e. The minimum atomic E-state index is -3.76. The molecule has 0 spiro atoms. The van der Waals surface area contributed by atoms with Crippen molar-refractivity contribution in [2.24, 2.45) is 7.05 Å². The summed E-state index contributed by atoms with van der Waals surface area (Å²) in [4.78, 5) is 12.9. The third-order valence-corrected chi connectivity index (χ3v) is 5.60. The van der Waals surface area contributed by atoms with Gasteiger partial charge in [0.05, 0.1) is 5.69 Å². The molecule has 9 heteroatoms. The van der Waals surface area contributed by atoms with Gasteiger partial charge >= 0.3 is 0 Å². The van der Waals surface area contributed by atoms with Crippen LogP contribution >= 0.6 is 0 Å². The highest BCUT2D eigenvalue weighted by Crippen LogP contribution is 2.23. The fourth-order valence-electron chi connectivity index (χ4n) is 3.00. The molecule has 3 aromatic heterocycles. The molecule has 4 aromatic rings. The van der Waals surface area contributed by atoms with Crippen LogP contribution in [-0.2, 0) is 17.1 Å². The molecule has 0 amide bonds. The Morgan fingerprint density at radius 1 is 1.07 bits per heavy atom. The molecule has 0 radical (unpaired) electrons. The highest BCUT2D eigenvalue weighted by Gasteiger charge is 2.21. The molecule has 0 saturated heterocycles. The Bertz CT molecular complexity index is 1210. The largest absolute Gasteiger partial charge is 0.336 e. The van der Waals surface area contributed by atoms with Crippen molar-refractivity contribution in [1.29, 1.82) is 0 Å². The average molecular weight is 396 g/mol. The zero-order chi connectivity index (χ0) is 19.9. The molecule has 4 rings (SSSR count). The zero-order valence-corrected chi connectivity index (χ0v) is 16.6. The SMILES string of the molecule is CC(C)c1nc(S(=O)(=O)Nc2ccc(-c3cn4cccnc4n3)cc2)cn1C. The van der Waals surface area contributed by atoms with E-state index in [-0.39, 0.29) is 10.9 Å². The van der Waals surface area contributed by atoms with Crippen LogP contribution in [0.25, 0.3) is 17.0 Å². The standard InChI is InChI=1S/C19H20N6O2S/c1-13(2)18-22-17(12-24(18)3)28(26,27)23-15-7-5-14(6-8-15)16-11-25-10-4-9-20-19(25)21-16/h4-13,23H,1-3H3. The first-order valence-corrected chi connectivity index (χ1v) is 10.3. The maximum absolute atomic E-state index is 12.7. The molecule has 0 fully saturated rings. The van der Waals surface area contributed by atoms with E-state index in [0.717, 1.165) is 17.1 Å². The number of nitrogens with zero attached hydrogens (tertiary/aromatic N) is 5. The van der Waals surface area contributed by atoms with Crippen LogP contribution in [0.3, 0.4) is 0 Å².